The lowest BCUT2D eigenvalue weighted by Crippen LogP contribution is -2.28. The van der Waals surface area contributed by atoms with Crippen LogP contribution in [0.3, 0.4) is 0 Å². The summed E-state index contributed by atoms with van der Waals surface area (Å²) in [6, 6.07) is 2.88. The summed E-state index contributed by atoms with van der Waals surface area (Å²) in [7, 11) is 0. The van der Waals surface area contributed by atoms with Gasteiger partial charge < -0.3 is 5.32 Å². The normalized spacial score (nSPS) is 15.0. The Kier molecular flexibility index (Phi) is 6.62. The van der Waals surface area contributed by atoms with Crippen molar-refractivity contribution in [2.45, 2.75) is 46.1 Å². The van der Waals surface area contributed by atoms with Crippen LogP contribution in [0.1, 0.15) is 38.5 Å². The zero-order valence-electron chi connectivity index (χ0n) is 10.4. The van der Waals surface area contributed by atoms with Crippen LogP contribution in [0.25, 0.3) is 0 Å². The average molecular weight is 304 g/mol. The van der Waals surface area contributed by atoms with Crippen molar-refractivity contribution in [3.63, 3.8) is 0 Å². The molecule has 2 atom stereocenters. The van der Waals surface area contributed by atoms with Gasteiger partial charge in [0, 0.05) is 20.8 Å². The SMILES string of the molecule is CCCNC(C)CC(C)Cc1cc(Br)cs1. The molecule has 1 nitrogen and oxygen atoms in total. The number of halogens is 1. The fourth-order valence-corrected chi connectivity index (χ4v) is 3.58. The second kappa shape index (κ2) is 7.46. The van der Waals surface area contributed by atoms with Crippen molar-refractivity contribution in [1.82, 2.24) is 5.32 Å². The molecule has 0 aromatic carbocycles. The summed E-state index contributed by atoms with van der Waals surface area (Å²) in [5, 5.41) is 5.72. The van der Waals surface area contributed by atoms with E-state index >= 15 is 0 Å². The van der Waals surface area contributed by atoms with Gasteiger partial charge in [0.25, 0.3) is 0 Å². The summed E-state index contributed by atoms with van der Waals surface area (Å²) in [6.07, 6.45) is 3.68. The molecule has 0 saturated carbocycles. The van der Waals surface area contributed by atoms with Gasteiger partial charge in [-0.05, 0) is 60.6 Å². The topological polar surface area (TPSA) is 12.0 Å². The highest BCUT2D eigenvalue weighted by atomic mass is 79.9. The zero-order valence-corrected chi connectivity index (χ0v) is 12.8. The van der Waals surface area contributed by atoms with Gasteiger partial charge in [-0.2, -0.15) is 0 Å². The van der Waals surface area contributed by atoms with Crippen molar-refractivity contribution in [2.24, 2.45) is 5.92 Å². The van der Waals surface area contributed by atoms with E-state index in [0.717, 1.165) is 12.5 Å². The van der Waals surface area contributed by atoms with Crippen LogP contribution in [0.4, 0.5) is 0 Å². The van der Waals surface area contributed by atoms with Crippen molar-refractivity contribution >= 4 is 27.3 Å². The molecule has 1 heterocycles. The smallest absolute Gasteiger partial charge is 0.0285 e. The minimum absolute atomic E-state index is 0.637. The van der Waals surface area contributed by atoms with Gasteiger partial charge in [-0.25, -0.2) is 0 Å². The maximum absolute atomic E-state index is 3.55. The minimum Gasteiger partial charge on any atom is -0.314 e. The number of nitrogens with one attached hydrogen (secondary N) is 1. The molecule has 2 unspecified atom stereocenters. The lowest BCUT2D eigenvalue weighted by molar-refractivity contribution is 0.421. The van der Waals surface area contributed by atoms with Crippen LogP contribution in [0, 0.1) is 5.92 Å². The quantitative estimate of drug-likeness (QED) is 0.784. The van der Waals surface area contributed by atoms with Crippen molar-refractivity contribution < 1.29 is 0 Å². The monoisotopic (exact) mass is 303 g/mol. The van der Waals surface area contributed by atoms with Crippen LogP contribution in [-0.4, -0.2) is 12.6 Å². The maximum Gasteiger partial charge on any atom is 0.0285 e. The first-order valence-electron chi connectivity index (χ1n) is 6.08. The standard InChI is InChI=1S/C13H22BrNS/c1-4-5-15-11(3)6-10(2)7-13-8-12(14)9-16-13/h8-11,15H,4-7H2,1-3H3. The molecule has 16 heavy (non-hydrogen) atoms. The zero-order chi connectivity index (χ0) is 12.0. The number of hydrogen-bond acceptors (Lipinski definition) is 2. The molecule has 1 N–H and O–H groups in total. The molecule has 0 aliphatic heterocycles. The Hall–Kier alpha value is 0.140. The molecular weight excluding hydrogens is 282 g/mol. The molecule has 0 bridgehead atoms. The highest BCUT2D eigenvalue weighted by Crippen LogP contribution is 2.23. The van der Waals surface area contributed by atoms with E-state index in [1.54, 1.807) is 0 Å². The Morgan fingerprint density at radius 2 is 2.19 bits per heavy atom. The third kappa shape index (κ3) is 5.46. The van der Waals surface area contributed by atoms with Crippen LogP contribution < -0.4 is 5.32 Å². The lowest BCUT2D eigenvalue weighted by Gasteiger charge is -2.17. The average Bonchev–Trinajstić information content (AvgIpc) is 2.60. The molecule has 92 valence electrons. The predicted molar refractivity (Wildman–Crippen MR) is 77.3 cm³/mol. The van der Waals surface area contributed by atoms with E-state index in [1.807, 2.05) is 11.3 Å². The van der Waals surface area contributed by atoms with Crippen molar-refractivity contribution in [3.05, 3.63) is 20.8 Å². The van der Waals surface area contributed by atoms with Crippen LogP contribution in [-0.2, 0) is 6.42 Å². The molecule has 0 fully saturated rings. The second-order valence-electron chi connectivity index (χ2n) is 4.63. The Morgan fingerprint density at radius 1 is 1.44 bits per heavy atom. The summed E-state index contributed by atoms with van der Waals surface area (Å²) in [4.78, 5) is 1.49. The van der Waals surface area contributed by atoms with E-state index in [1.165, 1.54) is 28.6 Å². The van der Waals surface area contributed by atoms with E-state index in [0.29, 0.717) is 6.04 Å². The molecule has 1 aromatic rings. The Morgan fingerprint density at radius 3 is 2.75 bits per heavy atom. The minimum atomic E-state index is 0.637. The van der Waals surface area contributed by atoms with E-state index in [2.05, 4.69) is 53.5 Å². The first-order chi connectivity index (χ1) is 7.61. The number of rotatable bonds is 7. The van der Waals surface area contributed by atoms with E-state index in [-0.39, 0.29) is 0 Å². The largest absolute Gasteiger partial charge is 0.314 e. The summed E-state index contributed by atoms with van der Waals surface area (Å²) in [6.45, 7) is 7.99. The molecule has 0 saturated heterocycles. The van der Waals surface area contributed by atoms with Gasteiger partial charge >= 0.3 is 0 Å². The molecular formula is C13H22BrNS. The van der Waals surface area contributed by atoms with Gasteiger partial charge in [0.1, 0.15) is 0 Å². The molecule has 0 amide bonds. The van der Waals surface area contributed by atoms with Gasteiger partial charge in [-0.3, -0.25) is 0 Å². The molecule has 0 spiro atoms. The molecule has 3 heteroatoms. The van der Waals surface area contributed by atoms with Crippen LogP contribution in [0.5, 0.6) is 0 Å². The highest BCUT2D eigenvalue weighted by molar-refractivity contribution is 9.10. The Bertz CT molecular complexity index is 298. The van der Waals surface area contributed by atoms with E-state index < -0.39 is 0 Å². The van der Waals surface area contributed by atoms with Gasteiger partial charge in [-0.1, -0.05) is 13.8 Å². The fourth-order valence-electron chi connectivity index (χ4n) is 1.97. The summed E-state index contributed by atoms with van der Waals surface area (Å²) in [5.74, 6) is 0.755. The van der Waals surface area contributed by atoms with Crippen LogP contribution >= 0.6 is 27.3 Å². The van der Waals surface area contributed by atoms with Gasteiger partial charge in [0.15, 0.2) is 0 Å². The summed E-state index contributed by atoms with van der Waals surface area (Å²) in [5.41, 5.74) is 0. The molecule has 0 aliphatic rings. The fraction of sp³-hybridized carbons (Fsp3) is 0.692. The second-order valence-corrected chi connectivity index (χ2v) is 6.54. The van der Waals surface area contributed by atoms with Gasteiger partial charge in [-0.15, -0.1) is 11.3 Å². The third-order valence-electron chi connectivity index (χ3n) is 2.67. The molecule has 1 rings (SSSR count). The Labute approximate surface area is 112 Å². The number of thiophene rings is 1. The maximum atomic E-state index is 3.55. The van der Waals surface area contributed by atoms with Crippen LogP contribution in [0.15, 0.2) is 15.9 Å². The van der Waals surface area contributed by atoms with Gasteiger partial charge in [0.2, 0.25) is 0 Å². The van der Waals surface area contributed by atoms with Gasteiger partial charge in [0.05, 0.1) is 0 Å². The number of hydrogen-bond donors (Lipinski definition) is 1. The Balaban J connectivity index is 2.27. The molecule has 0 aliphatic carbocycles. The van der Waals surface area contributed by atoms with E-state index in [9.17, 15) is 0 Å². The van der Waals surface area contributed by atoms with Crippen molar-refractivity contribution in [3.8, 4) is 0 Å². The first kappa shape index (κ1) is 14.2. The van der Waals surface area contributed by atoms with Crippen LogP contribution in [0.2, 0.25) is 0 Å². The van der Waals surface area contributed by atoms with Crippen molar-refractivity contribution in [1.29, 1.82) is 0 Å². The summed E-state index contributed by atoms with van der Waals surface area (Å²) >= 11 is 5.36. The van der Waals surface area contributed by atoms with E-state index in [4.69, 9.17) is 0 Å². The first-order valence-corrected chi connectivity index (χ1v) is 7.75. The van der Waals surface area contributed by atoms with Crippen molar-refractivity contribution in [2.75, 3.05) is 6.54 Å². The highest BCUT2D eigenvalue weighted by Gasteiger charge is 2.09. The molecule has 1 aromatic heterocycles. The predicted octanol–water partition coefficient (Wildman–Crippen LogP) is 4.47. The third-order valence-corrected chi connectivity index (χ3v) is 4.39. The lowest BCUT2D eigenvalue weighted by atomic mass is 9.98. The summed E-state index contributed by atoms with van der Waals surface area (Å²) < 4.78 is 1.22. The molecule has 0 radical (unpaired) electrons.